The van der Waals surface area contributed by atoms with Crippen molar-refractivity contribution in [3.63, 3.8) is 0 Å². The molecule has 0 bridgehead atoms. The van der Waals surface area contributed by atoms with Crippen LogP contribution in [0.3, 0.4) is 0 Å². The SMILES string of the molecule is COC(=O)N(CCC(=N)N)Cc1cccnc1. The lowest BCUT2D eigenvalue weighted by atomic mass is 10.2. The molecule has 0 atom stereocenters. The number of amidine groups is 1. The highest BCUT2D eigenvalue weighted by molar-refractivity contribution is 5.77. The molecule has 1 aromatic heterocycles. The lowest BCUT2D eigenvalue weighted by molar-refractivity contribution is 0.122. The van der Waals surface area contributed by atoms with E-state index in [2.05, 4.69) is 9.72 Å². The van der Waals surface area contributed by atoms with Gasteiger partial charge in [-0.3, -0.25) is 10.4 Å². The van der Waals surface area contributed by atoms with E-state index in [1.807, 2.05) is 6.07 Å². The molecular formula is C11H16N4O2. The second-order valence-corrected chi connectivity index (χ2v) is 3.53. The third-order valence-corrected chi connectivity index (χ3v) is 2.18. The minimum absolute atomic E-state index is 0.0464. The lowest BCUT2D eigenvalue weighted by Gasteiger charge is -2.20. The number of ether oxygens (including phenoxy) is 1. The standard InChI is InChI=1S/C11H16N4O2/c1-17-11(16)15(6-4-10(12)13)8-9-3-2-5-14-7-9/h2-3,5,7H,4,6,8H2,1H3,(H3,12,13). The second kappa shape index (κ2) is 6.47. The highest BCUT2D eigenvalue weighted by Gasteiger charge is 2.14. The zero-order valence-electron chi connectivity index (χ0n) is 9.72. The Hall–Kier alpha value is -2.11. The van der Waals surface area contributed by atoms with Crippen molar-refractivity contribution in [3.8, 4) is 0 Å². The Morgan fingerprint density at radius 3 is 2.94 bits per heavy atom. The molecule has 92 valence electrons. The Labute approximate surface area is 99.9 Å². The summed E-state index contributed by atoms with van der Waals surface area (Å²) in [4.78, 5) is 17.0. The van der Waals surface area contributed by atoms with Gasteiger partial charge in [0.1, 0.15) is 0 Å². The Balaban J connectivity index is 2.63. The number of nitrogens with one attached hydrogen (secondary N) is 1. The molecule has 0 saturated carbocycles. The van der Waals surface area contributed by atoms with Gasteiger partial charge in [0, 0.05) is 25.4 Å². The van der Waals surface area contributed by atoms with Crippen molar-refractivity contribution in [2.24, 2.45) is 5.73 Å². The number of aromatic nitrogens is 1. The quantitative estimate of drug-likeness (QED) is 0.588. The number of methoxy groups -OCH3 is 1. The largest absolute Gasteiger partial charge is 0.453 e. The van der Waals surface area contributed by atoms with Crippen molar-refractivity contribution < 1.29 is 9.53 Å². The first-order chi connectivity index (χ1) is 8.13. The smallest absolute Gasteiger partial charge is 0.409 e. The molecular weight excluding hydrogens is 220 g/mol. The summed E-state index contributed by atoms with van der Waals surface area (Å²) >= 11 is 0. The minimum Gasteiger partial charge on any atom is -0.453 e. The maximum Gasteiger partial charge on any atom is 0.409 e. The molecule has 1 amide bonds. The molecule has 0 spiro atoms. The first-order valence-corrected chi connectivity index (χ1v) is 5.18. The highest BCUT2D eigenvalue weighted by Crippen LogP contribution is 2.05. The number of rotatable bonds is 5. The van der Waals surface area contributed by atoms with Gasteiger partial charge in [0.05, 0.1) is 19.5 Å². The van der Waals surface area contributed by atoms with Gasteiger partial charge in [0.15, 0.2) is 0 Å². The summed E-state index contributed by atoms with van der Waals surface area (Å²) in [6, 6.07) is 3.67. The monoisotopic (exact) mass is 236 g/mol. The maximum atomic E-state index is 11.5. The van der Waals surface area contributed by atoms with Crippen molar-refractivity contribution in [2.45, 2.75) is 13.0 Å². The number of amides is 1. The Bertz CT molecular complexity index is 380. The van der Waals surface area contributed by atoms with E-state index in [0.717, 1.165) is 5.56 Å². The van der Waals surface area contributed by atoms with E-state index >= 15 is 0 Å². The van der Waals surface area contributed by atoms with E-state index in [9.17, 15) is 4.79 Å². The molecule has 0 aliphatic heterocycles. The van der Waals surface area contributed by atoms with Crippen molar-refractivity contribution in [1.29, 1.82) is 5.41 Å². The van der Waals surface area contributed by atoms with Gasteiger partial charge in [0.25, 0.3) is 0 Å². The Kier molecular flexibility index (Phi) is 4.93. The Morgan fingerprint density at radius 1 is 1.65 bits per heavy atom. The minimum atomic E-state index is -0.435. The topological polar surface area (TPSA) is 92.3 Å². The van der Waals surface area contributed by atoms with Crippen LogP contribution in [0.2, 0.25) is 0 Å². The first kappa shape index (κ1) is 13.0. The van der Waals surface area contributed by atoms with Gasteiger partial charge in [-0.15, -0.1) is 0 Å². The van der Waals surface area contributed by atoms with Gasteiger partial charge < -0.3 is 15.4 Å². The molecule has 17 heavy (non-hydrogen) atoms. The van der Waals surface area contributed by atoms with Crippen molar-refractivity contribution in [2.75, 3.05) is 13.7 Å². The van der Waals surface area contributed by atoms with Crippen molar-refractivity contribution >= 4 is 11.9 Å². The molecule has 1 rings (SSSR count). The van der Waals surface area contributed by atoms with Crippen molar-refractivity contribution in [3.05, 3.63) is 30.1 Å². The number of carbonyl (C=O) groups is 1. The summed E-state index contributed by atoms with van der Waals surface area (Å²) in [6.45, 7) is 0.755. The van der Waals surface area contributed by atoms with Gasteiger partial charge in [-0.05, 0) is 11.6 Å². The van der Waals surface area contributed by atoms with Crippen LogP contribution in [0.25, 0.3) is 0 Å². The molecule has 6 heteroatoms. The molecule has 0 aliphatic carbocycles. The van der Waals surface area contributed by atoms with Crippen LogP contribution in [0.15, 0.2) is 24.5 Å². The van der Waals surface area contributed by atoms with Gasteiger partial charge in [-0.25, -0.2) is 4.79 Å². The van der Waals surface area contributed by atoms with Crippen LogP contribution >= 0.6 is 0 Å². The molecule has 0 aromatic carbocycles. The molecule has 0 aliphatic rings. The van der Waals surface area contributed by atoms with Crippen LogP contribution < -0.4 is 5.73 Å². The predicted octanol–water partition coefficient (Wildman–Crippen LogP) is 0.976. The maximum absolute atomic E-state index is 11.5. The van der Waals surface area contributed by atoms with Crippen LogP contribution in [0.4, 0.5) is 4.79 Å². The number of nitrogens with two attached hydrogens (primary N) is 1. The van der Waals surface area contributed by atoms with E-state index in [1.165, 1.54) is 12.0 Å². The molecule has 3 N–H and O–H groups in total. The predicted molar refractivity (Wildman–Crippen MR) is 63.6 cm³/mol. The normalized spacial score (nSPS) is 9.71. The third-order valence-electron chi connectivity index (χ3n) is 2.18. The van der Waals surface area contributed by atoms with E-state index in [0.29, 0.717) is 19.5 Å². The fourth-order valence-corrected chi connectivity index (χ4v) is 1.33. The van der Waals surface area contributed by atoms with Gasteiger partial charge >= 0.3 is 6.09 Å². The third kappa shape index (κ3) is 4.50. The van der Waals surface area contributed by atoms with Crippen LogP contribution in [-0.4, -0.2) is 35.5 Å². The molecule has 6 nitrogen and oxygen atoms in total. The van der Waals surface area contributed by atoms with E-state index < -0.39 is 6.09 Å². The van der Waals surface area contributed by atoms with Crippen LogP contribution in [-0.2, 0) is 11.3 Å². The average molecular weight is 236 g/mol. The lowest BCUT2D eigenvalue weighted by Crippen LogP contribution is -2.33. The van der Waals surface area contributed by atoms with Crippen LogP contribution in [0, 0.1) is 5.41 Å². The first-order valence-electron chi connectivity index (χ1n) is 5.18. The van der Waals surface area contributed by atoms with E-state index in [4.69, 9.17) is 11.1 Å². The molecule has 1 heterocycles. The molecule has 1 aromatic rings. The highest BCUT2D eigenvalue weighted by atomic mass is 16.5. The summed E-state index contributed by atoms with van der Waals surface area (Å²) < 4.78 is 4.67. The zero-order valence-corrected chi connectivity index (χ0v) is 9.72. The number of nitrogens with zero attached hydrogens (tertiary/aromatic N) is 2. The average Bonchev–Trinajstić information content (AvgIpc) is 2.34. The van der Waals surface area contributed by atoms with Crippen LogP contribution in [0.1, 0.15) is 12.0 Å². The van der Waals surface area contributed by atoms with Gasteiger partial charge in [0.2, 0.25) is 0 Å². The number of carbonyl (C=O) groups excluding carboxylic acids is 1. The second-order valence-electron chi connectivity index (χ2n) is 3.53. The van der Waals surface area contributed by atoms with Crippen molar-refractivity contribution in [1.82, 2.24) is 9.88 Å². The number of hydrogen-bond donors (Lipinski definition) is 2. The summed E-state index contributed by atoms with van der Waals surface area (Å²) in [7, 11) is 1.33. The summed E-state index contributed by atoms with van der Waals surface area (Å²) in [6.07, 6.45) is 3.25. The molecule has 0 unspecified atom stereocenters. The van der Waals surface area contributed by atoms with Gasteiger partial charge in [-0.2, -0.15) is 0 Å². The number of pyridine rings is 1. The fourth-order valence-electron chi connectivity index (χ4n) is 1.33. The molecule has 0 radical (unpaired) electrons. The number of hydrogen-bond acceptors (Lipinski definition) is 4. The molecule has 0 saturated heterocycles. The van der Waals surface area contributed by atoms with E-state index in [-0.39, 0.29) is 5.84 Å². The summed E-state index contributed by atoms with van der Waals surface area (Å²) in [5, 5.41) is 7.15. The summed E-state index contributed by atoms with van der Waals surface area (Å²) in [5.41, 5.74) is 6.17. The Morgan fingerprint density at radius 2 is 2.41 bits per heavy atom. The van der Waals surface area contributed by atoms with Gasteiger partial charge in [-0.1, -0.05) is 6.07 Å². The van der Waals surface area contributed by atoms with E-state index in [1.54, 1.807) is 18.5 Å². The summed E-state index contributed by atoms with van der Waals surface area (Å²) in [5.74, 6) is 0.0464. The fraction of sp³-hybridized carbons (Fsp3) is 0.364. The van der Waals surface area contributed by atoms with Crippen LogP contribution in [0.5, 0.6) is 0 Å². The molecule has 0 fully saturated rings. The zero-order chi connectivity index (χ0) is 12.7.